The van der Waals surface area contributed by atoms with Crippen LogP contribution in [0.5, 0.6) is 0 Å². The maximum Gasteiger partial charge on any atom is 0.311 e. The SMILES string of the molecule is CC1CCC[C@]2(C)C[C@H]3OC(=O)C(CNC4CCN(Cc5ccccc5)CC4)[C@H]3C3OC132. The van der Waals surface area contributed by atoms with Crippen molar-refractivity contribution in [2.24, 2.45) is 23.2 Å². The quantitative estimate of drug-likeness (QED) is 0.560. The lowest BCUT2D eigenvalue weighted by molar-refractivity contribution is -0.146. The molecule has 32 heavy (non-hydrogen) atoms. The first-order chi connectivity index (χ1) is 15.5. The Hall–Kier alpha value is -1.43. The zero-order valence-electron chi connectivity index (χ0n) is 19.6. The summed E-state index contributed by atoms with van der Waals surface area (Å²) in [6.45, 7) is 8.75. The highest BCUT2D eigenvalue weighted by atomic mass is 16.6. The maximum absolute atomic E-state index is 12.9. The van der Waals surface area contributed by atoms with Crippen molar-refractivity contribution in [3.8, 4) is 0 Å². The van der Waals surface area contributed by atoms with Gasteiger partial charge in [-0.15, -0.1) is 0 Å². The smallest absolute Gasteiger partial charge is 0.311 e. The van der Waals surface area contributed by atoms with Crippen molar-refractivity contribution in [2.45, 2.75) is 82.8 Å². The fourth-order valence-electron chi connectivity index (χ4n) is 7.90. The third-order valence-electron chi connectivity index (χ3n) is 9.66. The molecular weight excluding hydrogens is 400 g/mol. The second-order valence-electron chi connectivity index (χ2n) is 11.5. The van der Waals surface area contributed by atoms with Gasteiger partial charge < -0.3 is 14.8 Å². The van der Waals surface area contributed by atoms with Crippen molar-refractivity contribution >= 4 is 5.97 Å². The summed E-state index contributed by atoms with van der Waals surface area (Å²) in [6, 6.07) is 11.2. The number of esters is 1. The summed E-state index contributed by atoms with van der Waals surface area (Å²) in [4.78, 5) is 15.4. The van der Waals surface area contributed by atoms with Crippen LogP contribution in [-0.2, 0) is 20.8 Å². The van der Waals surface area contributed by atoms with Crippen LogP contribution in [0.3, 0.4) is 0 Å². The summed E-state index contributed by atoms with van der Waals surface area (Å²) in [5, 5.41) is 3.76. The molecule has 0 amide bonds. The molecule has 3 aliphatic heterocycles. The van der Waals surface area contributed by atoms with E-state index in [1.165, 1.54) is 24.8 Å². The van der Waals surface area contributed by atoms with Crippen molar-refractivity contribution in [2.75, 3.05) is 19.6 Å². The van der Waals surface area contributed by atoms with Crippen molar-refractivity contribution in [1.29, 1.82) is 0 Å². The molecule has 0 aromatic heterocycles. The molecule has 5 heteroatoms. The minimum atomic E-state index is -0.0506. The van der Waals surface area contributed by atoms with Gasteiger partial charge in [-0.3, -0.25) is 9.69 Å². The molecule has 5 aliphatic rings. The lowest BCUT2D eigenvalue weighted by Gasteiger charge is -2.48. The van der Waals surface area contributed by atoms with Crippen LogP contribution in [0.25, 0.3) is 0 Å². The van der Waals surface area contributed by atoms with E-state index in [1.54, 1.807) is 0 Å². The van der Waals surface area contributed by atoms with Crippen LogP contribution < -0.4 is 5.32 Å². The lowest BCUT2D eigenvalue weighted by Crippen LogP contribution is -2.55. The number of carbonyl (C=O) groups is 1. The summed E-state index contributed by atoms with van der Waals surface area (Å²) < 4.78 is 12.6. The number of fused-ring (bicyclic) bond motifs is 2. The molecule has 5 nitrogen and oxygen atoms in total. The standard InChI is InChI=1S/C27H38N2O3/c1-18-7-6-12-26(2)15-22-23(24-27(18,26)32-24)21(25(30)31-22)16-28-20-10-13-29(14-11-20)17-19-8-4-3-5-9-19/h3-5,8-9,18,20-24,28H,6-7,10-17H2,1-2H3/t18?,21?,22-,23-,24?,26-,27?/m1/s1. The van der Waals surface area contributed by atoms with Gasteiger partial charge in [0.2, 0.25) is 0 Å². The highest BCUT2D eigenvalue weighted by Gasteiger charge is 2.78. The second-order valence-corrected chi connectivity index (χ2v) is 11.5. The highest BCUT2D eigenvalue weighted by Crippen LogP contribution is 2.70. The number of likely N-dealkylation sites (tertiary alicyclic amines) is 1. The lowest BCUT2D eigenvalue weighted by atomic mass is 9.53. The molecule has 174 valence electrons. The predicted octanol–water partition coefficient (Wildman–Crippen LogP) is 3.77. The van der Waals surface area contributed by atoms with Crippen LogP contribution in [0.2, 0.25) is 0 Å². The van der Waals surface area contributed by atoms with Gasteiger partial charge in [0, 0.05) is 30.5 Å². The molecular formula is C27H38N2O3. The summed E-state index contributed by atoms with van der Waals surface area (Å²) in [5.74, 6) is 0.784. The van der Waals surface area contributed by atoms with Crippen LogP contribution in [0.15, 0.2) is 30.3 Å². The highest BCUT2D eigenvalue weighted by molar-refractivity contribution is 5.76. The molecule has 7 atom stereocenters. The molecule has 0 bridgehead atoms. The van der Waals surface area contributed by atoms with Crippen LogP contribution in [-0.4, -0.2) is 54.4 Å². The summed E-state index contributed by atoms with van der Waals surface area (Å²) in [5.41, 5.74) is 1.56. The molecule has 1 aromatic carbocycles. The number of hydrogen-bond donors (Lipinski definition) is 1. The topological polar surface area (TPSA) is 54.1 Å². The Morgan fingerprint density at radius 1 is 1.16 bits per heavy atom. The number of nitrogens with one attached hydrogen (secondary N) is 1. The zero-order chi connectivity index (χ0) is 21.9. The van der Waals surface area contributed by atoms with Crippen LogP contribution >= 0.6 is 0 Å². The predicted molar refractivity (Wildman–Crippen MR) is 123 cm³/mol. The number of hydrogen-bond acceptors (Lipinski definition) is 5. The van der Waals surface area contributed by atoms with E-state index < -0.39 is 0 Å². The van der Waals surface area contributed by atoms with E-state index >= 15 is 0 Å². The third-order valence-corrected chi connectivity index (χ3v) is 9.66. The molecule has 3 saturated heterocycles. The van der Waals surface area contributed by atoms with Crippen molar-refractivity contribution < 1.29 is 14.3 Å². The van der Waals surface area contributed by atoms with Gasteiger partial charge in [-0.25, -0.2) is 0 Å². The van der Waals surface area contributed by atoms with E-state index in [4.69, 9.17) is 9.47 Å². The minimum Gasteiger partial charge on any atom is -0.462 e. The first kappa shape index (κ1) is 21.1. The van der Waals surface area contributed by atoms with Gasteiger partial charge in [-0.05, 0) is 56.7 Å². The molecule has 2 saturated carbocycles. The molecule has 1 spiro atoms. The van der Waals surface area contributed by atoms with E-state index in [1.807, 2.05) is 0 Å². The first-order valence-electron chi connectivity index (χ1n) is 12.9. The Kier molecular flexibility index (Phi) is 5.16. The van der Waals surface area contributed by atoms with Crippen molar-refractivity contribution in [3.63, 3.8) is 0 Å². The second kappa shape index (κ2) is 7.82. The van der Waals surface area contributed by atoms with E-state index in [0.717, 1.165) is 45.4 Å². The number of ether oxygens (including phenoxy) is 2. The van der Waals surface area contributed by atoms with E-state index in [2.05, 4.69) is 54.4 Å². The molecule has 4 unspecified atom stereocenters. The molecule has 1 N–H and O–H groups in total. The Bertz CT molecular complexity index is 854. The number of benzene rings is 1. The van der Waals surface area contributed by atoms with E-state index in [9.17, 15) is 4.79 Å². The van der Waals surface area contributed by atoms with Gasteiger partial charge in [0.1, 0.15) is 11.7 Å². The summed E-state index contributed by atoms with van der Waals surface area (Å²) in [6.07, 6.45) is 7.27. The van der Waals surface area contributed by atoms with Crippen molar-refractivity contribution in [1.82, 2.24) is 10.2 Å². The molecule has 5 fully saturated rings. The van der Waals surface area contributed by atoms with Gasteiger partial charge >= 0.3 is 5.97 Å². The molecule has 0 radical (unpaired) electrons. The monoisotopic (exact) mass is 438 g/mol. The molecule has 3 heterocycles. The van der Waals surface area contributed by atoms with Gasteiger partial charge in [-0.2, -0.15) is 0 Å². The average Bonchev–Trinajstić information content (AvgIpc) is 3.47. The Labute approximate surface area is 192 Å². The zero-order valence-corrected chi connectivity index (χ0v) is 19.6. The fourth-order valence-corrected chi connectivity index (χ4v) is 7.90. The van der Waals surface area contributed by atoms with Gasteiger partial charge in [0.15, 0.2) is 0 Å². The van der Waals surface area contributed by atoms with E-state index in [-0.39, 0.29) is 41.0 Å². The number of piperidine rings is 1. The Balaban J connectivity index is 1.06. The molecule has 2 aliphatic carbocycles. The summed E-state index contributed by atoms with van der Waals surface area (Å²) >= 11 is 0. The van der Waals surface area contributed by atoms with Crippen LogP contribution in [0.4, 0.5) is 0 Å². The average molecular weight is 439 g/mol. The number of rotatable bonds is 5. The Morgan fingerprint density at radius 2 is 1.94 bits per heavy atom. The number of nitrogens with zero attached hydrogens (tertiary/aromatic N) is 1. The maximum atomic E-state index is 12.9. The molecule has 1 aromatic rings. The Morgan fingerprint density at radius 3 is 2.72 bits per heavy atom. The third kappa shape index (κ3) is 3.26. The number of epoxide rings is 1. The normalized spacial score (nSPS) is 43.8. The van der Waals surface area contributed by atoms with Crippen LogP contribution in [0.1, 0.15) is 57.9 Å². The first-order valence-corrected chi connectivity index (χ1v) is 12.9. The van der Waals surface area contributed by atoms with E-state index in [0.29, 0.717) is 12.0 Å². The van der Waals surface area contributed by atoms with Gasteiger partial charge in [0.05, 0.1) is 12.0 Å². The van der Waals surface area contributed by atoms with Crippen LogP contribution in [0, 0.1) is 23.2 Å². The minimum absolute atomic E-state index is 0.00141. The number of carbonyl (C=O) groups excluding carboxylic acids is 1. The molecule has 6 rings (SSSR count). The largest absolute Gasteiger partial charge is 0.462 e. The summed E-state index contributed by atoms with van der Waals surface area (Å²) in [7, 11) is 0. The van der Waals surface area contributed by atoms with Crippen molar-refractivity contribution in [3.05, 3.63) is 35.9 Å². The fraction of sp³-hybridized carbons (Fsp3) is 0.741. The van der Waals surface area contributed by atoms with Gasteiger partial charge in [-0.1, -0.05) is 50.6 Å². The van der Waals surface area contributed by atoms with Gasteiger partial charge in [0.25, 0.3) is 0 Å².